The van der Waals surface area contributed by atoms with Crippen LogP contribution in [0.15, 0.2) is 16.8 Å². The first-order valence-electron chi connectivity index (χ1n) is 7.34. The van der Waals surface area contributed by atoms with Crippen molar-refractivity contribution in [2.24, 2.45) is 0 Å². The van der Waals surface area contributed by atoms with Crippen LogP contribution in [-0.2, 0) is 6.42 Å². The van der Waals surface area contributed by atoms with Gasteiger partial charge in [-0.25, -0.2) is 9.97 Å². The number of aromatic nitrogens is 4. The van der Waals surface area contributed by atoms with E-state index in [-0.39, 0.29) is 0 Å². The van der Waals surface area contributed by atoms with Crippen molar-refractivity contribution in [3.63, 3.8) is 0 Å². The van der Waals surface area contributed by atoms with Gasteiger partial charge in [-0.1, -0.05) is 5.16 Å². The van der Waals surface area contributed by atoms with E-state index in [1.54, 1.807) is 12.3 Å². The van der Waals surface area contributed by atoms with Crippen molar-refractivity contribution in [3.05, 3.63) is 18.1 Å². The number of likely N-dealkylation sites (N-methyl/N-ethyl adjacent to an activating group) is 1. The summed E-state index contributed by atoms with van der Waals surface area (Å²) in [7, 11) is 1.92. The highest BCUT2D eigenvalue weighted by molar-refractivity contribution is 5.49. The van der Waals surface area contributed by atoms with Gasteiger partial charge in [0.25, 0.3) is 5.89 Å². The van der Waals surface area contributed by atoms with E-state index >= 15 is 0 Å². The molecule has 0 aliphatic carbocycles. The fraction of sp³-hybridized carbons (Fsp3) is 0.571. The minimum atomic E-state index is 0.306. The summed E-state index contributed by atoms with van der Waals surface area (Å²) in [6.07, 6.45) is 4.86. The number of anilines is 1. The van der Waals surface area contributed by atoms with Crippen LogP contribution >= 0.6 is 0 Å². The van der Waals surface area contributed by atoms with Gasteiger partial charge >= 0.3 is 0 Å². The molecule has 0 spiro atoms. The molecule has 0 bridgehead atoms. The maximum Gasteiger partial charge on any atom is 0.276 e. The summed E-state index contributed by atoms with van der Waals surface area (Å²) in [6, 6.07) is 2.11. The molecule has 21 heavy (non-hydrogen) atoms. The summed E-state index contributed by atoms with van der Waals surface area (Å²) in [6.45, 7) is 4.10. The highest BCUT2D eigenvalue weighted by Gasteiger charge is 2.17. The second-order valence-corrected chi connectivity index (χ2v) is 5.35. The summed E-state index contributed by atoms with van der Waals surface area (Å²) < 4.78 is 5.32. The van der Waals surface area contributed by atoms with Crippen LogP contribution in [0, 0.1) is 0 Å². The molecule has 1 fully saturated rings. The summed E-state index contributed by atoms with van der Waals surface area (Å²) >= 11 is 0. The lowest BCUT2D eigenvalue weighted by Crippen LogP contribution is -2.24. The van der Waals surface area contributed by atoms with Crippen LogP contribution in [0.2, 0.25) is 0 Å². The van der Waals surface area contributed by atoms with E-state index in [0.29, 0.717) is 23.5 Å². The molecular formula is C14H20N6O. The predicted molar refractivity (Wildman–Crippen MR) is 79.0 cm³/mol. The normalized spacial score (nSPS) is 16.4. The number of nitrogens with zero attached hydrogens (tertiary/aromatic N) is 5. The molecule has 1 unspecified atom stereocenters. The third-order valence-electron chi connectivity index (χ3n) is 3.70. The monoisotopic (exact) mass is 288 g/mol. The maximum absolute atomic E-state index is 5.32. The van der Waals surface area contributed by atoms with Gasteiger partial charge < -0.3 is 14.7 Å². The van der Waals surface area contributed by atoms with Gasteiger partial charge in [0, 0.05) is 31.7 Å². The number of rotatable bonds is 5. The van der Waals surface area contributed by atoms with E-state index in [0.717, 1.165) is 25.5 Å². The summed E-state index contributed by atoms with van der Waals surface area (Å²) in [5.74, 6) is 1.89. The number of hydrogen-bond acceptors (Lipinski definition) is 7. The Kier molecular flexibility index (Phi) is 4.10. The molecule has 0 amide bonds. The molecule has 7 nitrogen and oxygen atoms in total. The van der Waals surface area contributed by atoms with Crippen LogP contribution in [0.4, 0.5) is 5.95 Å². The SMILES string of the molecule is CNC(C)Cc1noc(-c2ccnc(N3CCCC3)n2)n1. The Hall–Kier alpha value is -2.02. The van der Waals surface area contributed by atoms with E-state index in [4.69, 9.17) is 4.52 Å². The molecule has 1 atom stereocenters. The van der Waals surface area contributed by atoms with E-state index in [2.05, 4.69) is 37.2 Å². The Morgan fingerprint density at radius 2 is 2.14 bits per heavy atom. The topological polar surface area (TPSA) is 80.0 Å². The first-order chi connectivity index (χ1) is 10.3. The van der Waals surface area contributed by atoms with Crippen molar-refractivity contribution < 1.29 is 4.52 Å². The third kappa shape index (κ3) is 3.18. The van der Waals surface area contributed by atoms with Gasteiger partial charge in [0.15, 0.2) is 5.82 Å². The lowest BCUT2D eigenvalue weighted by molar-refractivity contribution is 0.417. The molecule has 7 heteroatoms. The molecule has 0 saturated carbocycles. The van der Waals surface area contributed by atoms with E-state index < -0.39 is 0 Å². The molecule has 1 aliphatic heterocycles. The Labute approximate surface area is 123 Å². The molecule has 3 heterocycles. The average Bonchev–Trinajstić information content (AvgIpc) is 3.19. The molecule has 3 rings (SSSR count). The minimum absolute atomic E-state index is 0.306. The number of nitrogens with one attached hydrogen (secondary N) is 1. The van der Waals surface area contributed by atoms with Crippen LogP contribution < -0.4 is 10.2 Å². The van der Waals surface area contributed by atoms with Crippen molar-refractivity contribution in [1.29, 1.82) is 0 Å². The molecule has 1 N–H and O–H groups in total. The Morgan fingerprint density at radius 3 is 2.90 bits per heavy atom. The summed E-state index contributed by atoms with van der Waals surface area (Å²) in [5, 5.41) is 7.16. The maximum atomic E-state index is 5.32. The molecule has 2 aromatic heterocycles. The second-order valence-electron chi connectivity index (χ2n) is 5.35. The molecule has 2 aromatic rings. The minimum Gasteiger partial charge on any atom is -0.341 e. The van der Waals surface area contributed by atoms with Crippen LogP contribution in [0.5, 0.6) is 0 Å². The zero-order valence-corrected chi connectivity index (χ0v) is 12.4. The van der Waals surface area contributed by atoms with Crippen LogP contribution in [0.25, 0.3) is 11.6 Å². The predicted octanol–water partition coefficient (Wildman–Crippen LogP) is 1.28. The molecular weight excluding hydrogens is 268 g/mol. The average molecular weight is 288 g/mol. The second kappa shape index (κ2) is 6.17. The Balaban J connectivity index is 1.78. The first-order valence-corrected chi connectivity index (χ1v) is 7.34. The summed E-state index contributed by atoms with van der Waals surface area (Å²) in [4.78, 5) is 15.5. The fourth-order valence-electron chi connectivity index (χ4n) is 2.35. The van der Waals surface area contributed by atoms with Gasteiger partial charge in [-0.3, -0.25) is 0 Å². The van der Waals surface area contributed by atoms with Crippen molar-refractivity contribution in [2.45, 2.75) is 32.2 Å². The van der Waals surface area contributed by atoms with Crippen LogP contribution in [-0.4, -0.2) is 46.3 Å². The lowest BCUT2D eigenvalue weighted by atomic mass is 10.2. The lowest BCUT2D eigenvalue weighted by Gasteiger charge is -2.14. The molecule has 0 radical (unpaired) electrons. The zero-order chi connectivity index (χ0) is 14.7. The van der Waals surface area contributed by atoms with Gasteiger partial charge in [0.1, 0.15) is 5.69 Å². The van der Waals surface area contributed by atoms with Crippen LogP contribution in [0.3, 0.4) is 0 Å². The van der Waals surface area contributed by atoms with E-state index in [1.807, 2.05) is 7.05 Å². The van der Waals surface area contributed by atoms with E-state index in [9.17, 15) is 0 Å². The standard InChI is InChI=1S/C14H20N6O/c1-10(15-2)9-12-18-13(21-19-12)11-5-6-16-14(17-11)20-7-3-4-8-20/h5-6,10,15H,3-4,7-9H2,1-2H3. The van der Waals surface area contributed by atoms with Gasteiger partial charge in [0.05, 0.1) is 0 Å². The quantitative estimate of drug-likeness (QED) is 0.887. The highest BCUT2D eigenvalue weighted by Crippen LogP contribution is 2.20. The zero-order valence-electron chi connectivity index (χ0n) is 12.4. The third-order valence-corrected chi connectivity index (χ3v) is 3.70. The smallest absolute Gasteiger partial charge is 0.276 e. The molecule has 1 aliphatic rings. The van der Waals surface area contributed by atoms with Gasteiger partial charge in [-0.2, -0.15) is 4.98 Å². The highest BCUT2D eigenvalue weighted by atomic mass is 16.5. The molecule has 0 aromatic carbocycles. The van der Waals surface area contributed by atoms with Gasteiger partial charge in [0.2, 0.25) is 5.95 Å². The first kappa shape index (κ1) is 13.9. The van der Waals surface area contributed by atoms with Crippen molar-refractivity contribution in [3.8, 4) is 11.6 Å². The fourth-order valence-corrected chi connectivity index (χ4v) is 2.35. The Morgan fingerprint density at radius 1 is 1.33 bits per heavy atom. The van der Waals surface area contributed by atoms with Gasteiger partial charge in [-0.05, 0) is 32.9 Å². The largest absolute Gasteiger partial charge is 0.341 e. The van der Waals surface area contributed by atoms with Crippen molar-refractivity contribution in [2.75, 3.05) is 25.0 Å². The van der Waals surface area contributed by atoms with Crippen LogP contribution in [0.1, 0.15) is 25.6 Å². The van der Waals surface area contributed by atoms with E-state index in [1.165, 1.54) is 12.8 Å². The summed E-state index contributed by atoms with van der Waals surface area (Å²) in [5.41, 5.74) is 0.683. The number of hydrogen-bond donors (Lipinski definition) is 1. The van der Waals surface area contributed by atoms with Gasteiger partial charge in [-0.15, -0.1) is 0 Å². The van der Waals surface area contributed by atoms with Crippen molar-refractivity contribution >= 4 is 5.95 Å². The van der Waals surface area contributed by atoms with Crippen molar-refractivity contribution in [1.82, 2.24) is 25.4 Å². The Bertz CT molecular complexity index is 593. The molecule has 112 valence electrons. The molecule has 1 saturated heterocycles.